The minimum absolute atomic E-state index is 0.0788. The molecular weight excluding hydrogens is 358 g/mol. The Bertz CT molecular complexity index is 599. The van der Waals surface area contributed by atoms with E-state index in [9.17, 15) is 4.79 Å². The van der Waals surface area contributed by atoms with Gasteiger partial charge in [-0.1, -0.05) is 26.2 Å². The van der Waals surface area contributed by atoms with Gasteiger partial charge < -0.3 is 24.8 Å². The largest absolute Gasteiger partial charge is 0.493 e. The van der Waals surface area contributed by atoms with Gasteiger partial charge in [0.1, 0.15) is 0 Å². The molecule has 1 amide bonds. The Hall–Kier alpha value is -2.15. The van der Waals surface area contributed by atoms with Crippen molar-refractivity contribution in [2.24, 2.45) is 0 Å². The van der Waals surface area contributed by atoms with Crippen LogP contribution in [0.4, 0.5) is 5.69 Å². The molecule has 28 heavy (non-hydrogen) atoms. The lowest BCUT2D eigenvalue weighted by atomic mass is 10.0. The van der Waals surface area contributed by atoms with Crippen molar-refractivity contribution in [1.29, 1.82) is 0 Å². The number of anilines is 1. The average molecular weight is 394 g/mol. The van der Waals surface area contributed by atoms with E-state index in [1.165, 1.54) is 0 Å². The Morgan fingerprint density at radius 3 is 2.43 bits per heavy atom. The molecule has 2 rings (SSSR count). The number of methoxy groups -OCH3 is 3. The van der Waals surface area contributed by atoms with Crippen LogP contribution in [0.5, 0.6) is 17.2 Å². The molecule has 7 nitrogen and oxygen atoms in total. The van der Waals surface area contributed by atoms with Crippen molar-refractivity contribution in [3.05, 3.63) is 12.1 Å². The van der Waals surface area contributed by atoms with Gasteiger partial charge in [0.25, 0.3) is 0 Å². The Morgan fingerprint density at radius 2 is 1.82 bits per heavy atom. The third-order valence-corrected chi connectivity index (χ3v) is 5.15. The highest BCUT2D eigenvalue weighted by atomic mass is 16.5. The minimum Gasteiger partial charge on any atom is -0.493 e. The van der Waals surface area contributed by atoms with Crippen molar-refractivity contribution < 1.29 is 19.0 Å². The van der Waals surface area contributed by atoms with Crippen LogP contribution < -0.4 is 24.8 Å². The zero-order chi connectivity index (χ0) is 20.4. The smallest absolute Gasteiger partial charge is 0.237 e. The number of unbranched alkanes of at least 4 members (excludes halogenated alkanes) is 2. The zero-order valence-electron chi connectivity index (χ0n) is 17.7. The molecule has 1 aliphatic heterocycles. The van der Waals surface area contributed by atoms with Crippen LogP contribution >= 0.6 is 0 Å². The second-order valence-corrected chi connectivity index (χ2v) is 7.07. The van der Waals surface area contributed by atoms with Gasteiger partial charge in [0, 0.05) is 30.9 Å². The van der Waals surface area contributed by atoms with Crippen LogP contribution in [0.2, 0.25) is 0 Å². The summed E-state index contributed by atoms with van der Waals surface area (Å²) in [6, 6.07) is 3.68. The standard InChI is InChI=1S/C21H35N3O4/c1-5-6-8-11-22-21(25)17-10-7-9-12-24(17)15-23-16-13-18(26-2)20(28-4)19(14-16)27-3/h13-14,17,23H,5-12,15H2,1-4H3,(H,22,25)/t17-/m0/s1. The number of ether oxygens (including phenoxy) is 3. The number of carbonyl (C=O) groups is 1. The maximum Gasteiger partial charge on any atom is 0.237 e. The fourth-order valence-electron chi connectivity index (χ4n) is 3.56. The van der Waals surface area contributed by atoms with Crippen LogP contribution in [0.25, 0.3) is 0 Å². The van der Waals surface area contributed by atoms with Crippen LogP contribution in [0.3, 0.4) is 0 Å². The van der Waals surface area contributed by atoms with Crippen LogP contribution in [-0.2, 0) is 4.79 Å². The summed E-state index contributed by atoms with van der Waals surface area (Å²) in [5.74, 6) is 1.92. The highest BCUT2D eigenvalue weighted by Crippen LogP contribution is 2.39. The average Bonchev–Trinajstić information content (AvgIpc) is 2.74. The predicted molar refractivity (Wildman–Crippen MR) is 111 cm³/mol. The highest BCUT2D eigenvalue weighted by molar-refractivity contribution is 5.81. The molecule has 1 heterocycles. The molecule has 1 aromatic carbocycles. The van der Waals surface area contributed by atoms with Crippen molar-refractivity contribution >= 4 is 11.6 Å². The summed E-state index contributed by atoms with van der Waals surface area (Å²) in [4.78, 5) is 14.8. The van der Waals surface area contributed by atoms with Gasteiger partial charge in [-0.05, 0) is 19.3 Å². The summed E-state index contributed by atoms with van der Waals surface area (Å²) >= 11 is 0. The molecule has 0 unspecified atom stereocenters. The highest BCUT2D eigenvalue weighted by Gasteiger charge is 2.28. The second-order valence-electron chi connectivity index (χ2n) is 7.07. The summed E-state index contributed by atoms with van der Waals surface area (Å²) < 4.78 is 16.2. The molecule has 0 aromatic heterocycles. The SMILES string of the molecule is CCCCCNC(=O)[C@@H]1CCCCN1CNc1cc(OC)c(OC)c(OC)c1. The van der Waals surface area contributed by atoms with Crippen LogP contribution in [-0.4, -0.2) is 57.9 Å². The molecule has 0 radical (unpaired) electrons. The maximum absolute atomic E-state index is 12.6. The van der Waals surface area contributed by atoms with Gasteiger partial charge in [0.05, 0.1) is 34.0 Å². The summed E-state index contributed by atoms with van der Waals surface area (Å²) in [6.45, 7) is 4.42. The van der Waals surface area contributed by atoms with Crippen molar-refractivity contribution in [2.75, 3.05) is 46.4 Å². The molecule has 1 saturated heterocycles. The predicted octanol–water partition coefficient (Wildman–Crippen LogP) is 3.24. The van der Waals surface area contributed by atoms with E-state index in [1.807, 2.05) is 12.1 Å². The number of piperidine rings is 1. The lowest BCUT2D eigenvalue weighted by Gasteiger charge is -2.35. The number of amides is 1. The third kappa shape index (κ3) is 5.92. The Balaban J connectivity index is 2.00. The molecule has 2 N–H and O–H groups in total. The number of benzene rings is 1. The van der Waals surface area contributed by atoms with E-state index < -0.39 is 0 Å². The number of likely N-dealkylation sites (tertiary alicyclic amines) is 1. The molecule has 7 heteroatoms. The van der Waals surface area contributed by atoms with Gasteiger partial charge in [-0.15, -0.1) is 0 Å². The first kappa shape index (κ1) is 22.1. The Kier molecular flexibility index (Phi) is 9.20. The van der Waals surface area contributed by atoms with Crippen molar-refractivity contribution in [2.45, 2.75) is 51.5 Å². The summed E-state index contributed by atoms with van der Waals surface area (Å²) in [6.07, 6.45) is 6.45. The number of carbonyl (C=O) groups excluding carboxylic acids is 1. The fraction of sp³-hybridized carbons (Fsp3) is 0.667. The zero-order valence-corrected chi connectivity index (χ0v) is 17.7. The number of hydrogen-bond donors (Lipinski definition) is 2. The molecule has 1 atom stereocenters. The van der Waals surface area contributed by atoms with E-state index in [1.54, 1.807) is 21.3 Å². The van der Waals surface area contributed by atoms with Gasteiger partial charge in [0.15, 0.2) is 11.5 Å². The minimum atomic E-state index is -0.0788. The van der Waals surface area contributed by atoms with Gasteiger partial charge >= 0.3 is 0 Å². The first-order chi connectivity index (χ1) is 13.6. The number of rotatable bonds is 11. The fourth-order valence-corrected chi connectivity index (χ4v) is 3.56. The van der Waals surface area contributed by atoms with Gasteiger partial charge in [-0.3, -0.25) is 9.69 Å². The first-order valence-electron chi connectivity index (χ1n) is 10.2. The third-order valence-electron chi connectivity index (χ3n) is 5.15. The molecule has 158 valence electrons. The normalized spacial score (nSPS) is 17.1. The van der Waals surface area contributed by atoms with Crippen molar-refractivity contribution in [1.82, 2.24) is 10.2 Å². The van der Waals surface area contributed by atoms with Gasteiger partial charge in [-0.25, -0.2) is 0 Å². The van der Waals surface area contributed by atoms with Crippen LogP contribution in [0.15, 0.2) is 12.1 Å². The van der Waals surface area contributed by atoms with Crippen molar-refractivity contribution in [3.8, 4) is 17.2 Å². The number of nitrogens with one attached hydrogen (secondary N) is 2. The first-order valence-corrected chi connectivity index (χ1v) is 10.2. The monoisotopic (exact) mass is 393 g/mol. The van der Waals surface area contributed by atoms with Crippen molar-refractivity contribution in [3.63, 3.8) is 0 Å². The second kappa shape index (κ2) is 11.6. The van der Waals surface area contributed by atoms with Crippen LogP contribution in [0.1, 0.15) is 45.4 Å². The molecule has 0 saturated carbocycles. The van der Waals surface area contributed by atoms with E-state index in [0.717, 1.165) is 57.3 Å². The summed E-state index contributed by atoms with van der Waals surface area (Å²) in [5, 5.41) is 6.51. The van der Waals surface area contributed by atoms with Gasteiger partial charge in [0.2, 0.25) is 11.7 Å². The lowest BCUT2D eigenvalue weighted by molar-refractivity contribution is -0.127. The molecule has 1 aromatic rings. The number of nitrogens with zero attached hydrogens (tertiary/aromatic N) is 1. The lowest BCUT2D eigenvalue weighted by Crippen LogP contribution is -2.51. The van der Waals surface area contributed by atoms with Crippen LogP contribution in [0, 0.1) is 0 Å². The molecule has 0 spiro atoms. The quantitative estimate of drug-likeness (QED) is 0.563. The Morgan fingerprint density at radius 1 is 1.11 bits per heavy atom. The van der Waals surface area contributed by atoms with E-state index in [0.29, 0.717) is 23.9 Å². The van der Waals surface area contributed by atoms with E-state index >= 15 is 0 Å². The molecule has 1 aliphatic rings. The maximum atomic E-state index is 12.6. The molecule has 0 bridgehead atoms. The van der Waals surface area contributed by atoms with Gasteiger partial charge in [-0.2, -0.15) is 0 Å². The van der Waals surface area contributed by atoms with E-state index in [-0.39, 0.29) is 11.9 Å². The molecule has 0 aliphatic carbocycles. The summed E-state index contributed by atoms with van der Waals surface area (Å²) in [5.41, 5.74) is 0.863. The van der Waals surface area contributed by atoms with E-state index in [4.69, 9.17) is 14.2 Å². The molecule has 1 fully saturated rings. The van der Waals surface area contributed by atoms with E-state index in [2.05, 4.69) is 22.5 Å². The molecular formula is C21H35N3O4. The topological polar surface area (TPSA) is 72.1 Å². The summed E-state index contributed by atoms with van der Waals surface area (Å²) in [7, 11) is 4.79. The Labute approximate surface area is 168 Å². The number of hydrogen-bond acceptors (Lipinski definition) is 6.